The minimum absolute atomic E-state index is 0.0345. The van der Waals surface area contributed by atoms with Gasteiger partial charge in [-0.2, -0.15) is 0 Å². The zero-order valence-corrected chi connectivity index (χ0v) is 11.9. The summed E-state index contributed by atoms with van der Waals surface area (Å²) in [6, 6.07) is 7.46. The molecule has 19 heavy (non-hydrogen) atoms. The number of amides is 2. The van der Waals surface area contributed by atoms with Crippen LogP contribution in [0.5, 0.6) is 0 Å². The van der Waals surface area contributed by atoms with E-state index in [2.05, 4.69) is 24.5 Å². The summed E-state index contributed by atoms with van der Waals surface area (Å²) in [6.45, 7) is 6.07. The number of hydrogen-bond acceptors (Lipinski definition) is 2. The Morgan fingerprint density at radius 1 is 1.42 bits per heavy atom. The molecule has 1 aliphatic carbocycles. The Morgan fingerprint density at radius 2 is 2.11 bits per heavy atom. The van der Waals surface area contributed by atoms with Gasteiger partial charge in [-0.3, -0.25) is 0 Å². The molecule has 1 fully saturated rings. The van der Waals surface area contributed by atoms with Gasteiger partial charge in [0.25, 0.3) is 0 Å². The third kappa shape index (κ3) is 3.70. The Morgan fingerprint density at radius 3 is 2.68 bits per heavy atom. The number of carbonyl (C=O) groups is 1. The maximum Gasteiger partial charge on any atom is 0.319 e. The molecule has 1 atom stereocenters. The van der Waals surface area contributed by atoms with Gasteiger partial charge in [-0.1, -0.05) is 12.1 Å². The number of carbonyl (C=O) groups excluding carboxylic acids is 1. The van der Waals surface area contributed by atoms with Crippen molar-refractivity contribution in [3.8, 4) is 0 Å². The van der Waals surface area contributed by atoms with Crippen LogP contribution in [0, 0.1) is 5.92 Å². The molecule has 4 nitrogen and oxygen atoms in total. The Hall–Kier alpha value is -1.55. The van der Waals surface area contributed by atoms with Crippen LogP contribution in [0.25, 0.3) is 0 Å². The van der Waals surface area contributed by atoms with E-state index in [1.807, 2.05) is 31.2 Å². The molecule has 0 bridgehead atoms. The van der Waals surface area contributed by atoms with Gasteiger partial charge in [0.1, 0.15) is 0 Å². The van der Waals surface area contributed by atoms with Gasteiger partial charge in [-0.15, -0.1) is 0 Å². The second kappa shape index (κ2) is 5.21. The molecule has 0 aromatic heterocycles. The summed E-state index contributed by atoms with van der Waals surface area (Å²) in [4.78, 5) is 12.0. The first-order valence-corrected chi connectivity index (χ1v) is 6.83. The van der Waals surface area contributed by atoms with Crippen molar-refractivity contribution in [1.29, 1.82) is 0 Å². The molecular formula is C15H23N3O. The molecule has 0 heterocycles. The quantitative estimate of drug-likeness (QED) is 0.780. The van der Waals surface area contributed by atoms with E-state index in [1.54, 1.807) is 0 Å². The van der Waals surface area contributed by atoms with E-state index in [-0.39, 0.29) is 17.6 Å². The van der Waals surface area contributed by atoms with E-state index < -0.39 is 0 Å². The Labute approximate surface area is 114 Å². The lowest BCUT2D eigenvalue weighted by molar-refractivity contribution is 0.237. The number of benzene rings is 1. The summed E-state index contributed by atoms with van der Waals surface area (Å²) < 4.78 is 0. The summed E-state index contributed by atoms with van der Waals surface area (Å²) >= 11 is 0. The van der Waals surface area contributed by atoms with Gasteiger partial charge in [0.2, 0.25) is 0 Å². The largest absolute Gasteiger partial charge is 0.333 e. The van der Waals surface area contributed by atoms with E-state index in [4.69, 9.17) is 5.73 Å². The first-order valence-electron chi connectivity index (χ1n) is 6.83. The second-order valence-electron chi connectivity index (χ2n) is 5.99. The lowest BCUT2D eigenvalue weighted by Crippen LogP contribution is -2.47. The molecule has 4 heteroatoms. The number of urea groups is 1. The normalized spacial score (nSPS) is 16.8. The van der Waals surface area contributed by atoms with Gasteiger partial charge in [0, 0.05) is 17.3 Å². The molecule has 0 radical (unpaired) electrons. The van der Waals surface area contributed by atoms with Crippen LogP contribution < -0.4 is 16.4 Å². The van der Waals surface area contributed by atoms with Crippen molar-refractivity contribution in [1.82, 2.24) is 5.32 Å². The van der Waals surface area contributed by atoms with Crippen molar-refractivity contribution in [2.24, 2.45) is 11.7 Å². The predicted octanol–water partition coefficient (Wildman–Crippen LogP) is 3.02. The van der Waals surface area contributed by atoms with Crippen LogP contribution in [0.2, 0.25) is 0 Å². The zero-order valence-electron chi connectivity index (χ0n) is 11.9. The highest BCUT2D eigenvalue weighted by molar-refractivity contribution is 5.89. The van der Waals surface area contributed by atoms with Crippen LogP contribution in [0.15, 0.2) is 24.3 Å². The Balaban J connectivity index is 1.96. The smallest absolute Gasteiger partial charge is 0.319 e. The van der Waals surface area contributed by atoms with Gasteiger partial charge in [-0.05, 0) is 57.2 Å². The maximum atomic E-state index is 12.0. The van der Waals surface area contributed by atoms with Crippen molar-refractivity contribution in [2.75, 3.05) is 5.32 Å². The number of nitrogens with two attached hydrogens (primary N) is 1. The third-order valence-corrected chi connectivity index (χ3v) is 3.70. The molecule has 4 N–H and O–H groups in total. The van der Waals surface area contributed by atoms with Crippen LogP contribution in [-0.2, 0) is 0 Å². The first kappa shape index (κ1) is 13.9. The Kier molecular flexibility index (Phi) is 3.80. The van der Waals surface area contributed by atoms with Crippen molar-refractivity contribution < 1.29 is 4.79 Å². The van der Waals surface area contributed by atoms with Gasteiger partial charge in [0.15, 0.2) is 0 Å². The SMILES string of the molecule is CC(N)c1cccc(NC(=O)NC(C)(C)C2CC2)c1. The molecule has 1 aromatic rings. The van der Waals surface area contributed by atoms with Crippen molar-refractivity contribution in [3.63, 3.8) is 0 Å². The average molecular weight is 261 g/mol. The molecular weight excluding hydrogens is 238 g/mol. The summed E-state index contributed by atoms with van der Waals surface area (Å²) in [7, 11) is 0. The molecule has 104 valence electrons. The van der Waals surface area contributed by atoms with Crippen LogP contribution in [0.3, 0.4) is 0 Å². The molecule has 1 aliphatic rings. The predicted molar refractivity (Wildman–Crippen MR) is 78.0 cm³/mol. The molecule has 1 saturated carbocycles. The van der Waals surface area contributed by atoms with E-state index in [9.17, 15) is 4.79 Å². The highest BCUT2D eigenvalue weighted by Crippen LogP contribution is 2.39. The number of anilines is 1. The fraction of sp³-hybridized carbons (Fsp3) is 0.533. The van der Waals surface area contributed by atoms with E-state index in [1.165, 1.54) is 12.8 Å². The lowest BCUT2D eigenvalue weighted by atomic mass is 9.99. The second-order valence-corrected chi connectivity index (χ2v) is 5.99. The maximum absolute atomic E-state index is 12.0. The topological polar surface area (TPSA) is 67.1 Å². The summed E-state index contributed by atoms with van der Waals surface area (Å²) in [5, 5.41) is 5.90. The fourth-order valence-electron chi connectivity index (χ4n) is 2.26. The first-order chi connectivity index (χ1) is 8.88. The minimum atomic E-state index is -0.154. The average Bonchev–Trinajstić information content (AvgIpc) is 3.12. The van der Waals surface area contributed by atoms with Crippen molar-refractivity contribution in [2.45, 2.75) is 45.2 Å². The fourth-order valence-corrected chi connectivity index (χ4v) is 2.26. The highest BCUT2D eigenvalue weighted by Gasteiger charge is 2.38. The molecule has 1 aromatic carbocycles. The molecule has 0 saturated heterocycles. The molecule has 2 rings (SSSR count). The lowest BCUT2D eigenvalue weighted by Gasteiger charge is -2.26. The van der Waals surface area contributed by atoms with E-state index in [0.717, 1.165) is 11.3 Å². The number of nitrogens with one attached hydrogen (secondary N) is 2. The van der Waals surface area contributed by atoms with Gasteiger partial charge in [-0.25, -0.2) is 4.79 Å². The Bertz CT molecular complexity index is 464. The standard InChI is InChI=1S/C15H23N3O/c1-10(16)11-5-4-6-13(9-11)17-14(19)18-15(2,3)12-7-8-12/h4-6,9-10,12H,7-8,16H2,1-3H3,(H2,17,18,19). The van der Waals surface area contributed by atoms with Crippen LogP contribution in [0.4, 0.5) is 10.5 Å². The molecule has 1 unspecified atom stereocenters. The molecule has 2 amide bonds. The summed E-state index contributed by atoms with van der Waals surface area (Å²) in [5.41, 5.74) is 7.49. The number of hydrogen-bond donors (Lipinski definition) is 3. The van der Waals surface area contributed by atoms with Crippen LogP contribution in [0.1, 0.15) is 45.2 Å². The molecule has 0 spiro atoms. The van der Waals surface area contributed by atoms with E-state index in [0.29, 0.717) is 5.92 Å². The summed E-state index contributed by atoms with van der Waals surface area (Å²) in [5.74, 6) is 0.605. The summed E-state index contributed by atoms with van der Waals surface area (Å²) in [6.07, 6.45) is 2.40. The molecule has 0 aliphatic heterocycles. The van der Waals surface area contributed by atoms with Gasteiger partial charge in [0.05, 0.1) is 0 Å². The van der Waals surface area contributed by atoms with Crippen LogP contribution in [-0.4, -0.2) is 11.6 Å². The zero-order chi connectivity index (χ0) is 14.0. The van der Waals surface area contributed by atoms with Gasteiger partial charge < -0.3 is 16.4 Å². The number of rotatable bonds is 4. The minimum Gasteiger partial charge on any atom is -0.333 e. The van der Waals surface area contributed by atoms with Crippen molar-refractivity contribution in [3.05, 3.63) is 29.8 Å². The van der Waals surface area contributed by atoms with Crippen molar-refractivity contribution >= 4 is 11.7 Å². The van der Waals surface area contributed by atoms with Gasteiger partial charge >= 0.3 is 6.03 Å². The van der Waals surface area contributed by atoms with E-state index >= 15 is 0 Å². The highest BCUT2D eigenvalue weighted by atomic mass is 16.2. The van der Waals surface area contributed by atoms with Crippen LogP contribution >= 0.6 is 0 Å². The monoisotopic (exact) mass is 261 g/mol. The third-order valence-electron chi connectivity index (χ3n) is 3.70.